The van der Waals surface area contributed by atoms with Crippen molar-refractivity contribution >= 4 is 28.9 Å². The summed E-state index contributed by atoms with van der Waals surface area (Å²) in [6.45, 7) is 0. The van der Waals surface area contributed by atoms with E-state index in [0.29, 0.717) is 16.9 Å². The fraction of sp³-hybridized carbons (Fsp3) is 0.125. The molecule has 124 valence electrons. The molecule has 0 radical (unpaired) electrons. The number of nitro benzene ring substituents is 1. The number of anilines is 2. The number of carbonyl (C=O) groups is 2. The molecule has 8 heteroatoms. The van der Waals surface area contributed by atoms with Gasteiger partial charge in [-0.05, 0) is 30.3 Å². The molecule has 3 N–H and O–H groups in total. The van der Waals surface area contributed by atoms with Crippen molar-refractivity contribution in [2.45, 2.75) is 0 Å². The number of rotatable bonds is 5. The molecule has 2 rings (SSSR count). The van der Waals surface area contributed by atoms with Crippen LogP contribution in [0.2, 0.25) is 0 Å². The van der Waals surface area contributed by atoms with Crippen LogP contribution >= 0.6 is 0 Å². The zero-order valence-corrected chi connectivity index (χ0v) is 13.1. The smallest absolute Gasteiger partial charge is 0.293 e. The lowest BCUT2D eigenvalue weighted by Crippen LogP contribution is -2.18. The first-order valence-electron chi connectivity index (χ1n) is 7.06. The van der Waals surface area contributed by atoms with Crippen LogP contribution in [0.1, 0.15) is 20.7 Å². The number of hydrogen-bond acceptors (Lipinski definition) is 5. The van der Waals surface area contributed by atoms with Gasteiger partial charge in [0.2, 0.25) is 0 Å². The van der Waals surface area contributed by atoms with E-state index in [1.807, 2.05) is 0 Å². The van der Waals surface area contributed by atoms with Crippen LogP contribution in [-0.2, 0) is 0 Å². The fourth-order valence-electron chi connectivity index (χ4n) is 2.12. The Morgan fingerprint density at radius 1 is 1.00 bits per heavy atom. The van der Waals surface area contributed by atoms with Crippen molar-refractivity contribution in [1.29, 1.82) is 0 Å². The van der Waals surface area contributed by atoms with Crippen molar-refractivity contribution in [3.8, 4) is 0 Å². The van der Waals surface area contributed by atoms with Gasteiger partial charge in [-0.2, -0.15) is 0 Å². The standard InChI is InChI=1S/C16H16N4O4/c1-17-13-7-6-11(9-14(13)20(23)24)16(22)19-12-5-3-4-10(8-12)15(21)18-2/h3-9,17H,1-2H3,(H,18,21)(H,19,22). The highest BCUT2D eigenvalue weighted by Gasteiger charge is 2.17. The second kappa shape index (κ2) is 7.23. The summed E-state index contributed by atoms with van der Waals surface area (Å²) in [5, 5.41) is 18.9. The molecule has 0 aliphatic heterocycles. The lowest BCUT2D eigenvalue weighted by molar-refractivity contribution is -0.384. The van der Waals surface area contributed by atoms with Crippen molar-refractivity contribution in [2.75, 3.05) is 24.7 Å². The van der Waals surface area contributed by atoms with Gasteiger partial charge < -0.3 is 16.0 Å². The van der Waals surface area contributed by atoms with Gasteiger partial charge in [0.05, 0.1) is 4.92 Å². The minimum Gasteiger partial charge on any atom is -0.383 e. The predicted molar refractivity (Wildman–Crippen MR) is 90.4 cm³/mol. The second-order valence-corrected chi connectivity index (χ2v) is 4.85. The summed E-state index contributed by atoms with van der Waals surface area (Å²) in [6, 6.07) is 10.5. The molecule has 0 fully saturated rings. The Kier molecular flexibility index (Phi) is 5.10. The van der Waals surface area contributed by atoms with Gasteiger partial charge in [0.25, 0.3) is 17.5 Å². The first-order chi connectivity index (χ1) is 11.5. The first-order valence-corrected chi connectivity index (χ1v) is 7.06. The molecule has 0 saturated carbocycles. The third kappa shape index (κ3) is 3.67. The lowest BCUT2D eigenvalue weighted by atomic mass is 10.1. The van der Waals surface area contributed by atoms with Crippen LogP contribution in [0.15, 0.2) is 42.5 Å². The Bertz CT molecular complexity index is 804. The molecular weight excluding hydrogens is 312 g/mol. The van der Waals surface area contributed by atoms with Gasteiger partial charge >= 0.3 is 0 Å². The Balaban J connectivity index is 2.26. The molecule has 2 amide bonds. The summed E-state index contributed by atoms with van der Waals surface area (Å²) in [5.41, 5.74) is 1.08. The molecule has 0 atom stereocenters. The highest BCUT2D eigenvalue weighted by atomic mass is 16.6. The lowest BCUT2D eigenvalue weighted by Gasteiger charge is -2.08. The van der Waals surface area contributed by atoms with E-state index in [9.17, 15) is 19.7 Å². The third-order valence-corrected chi connectivity index (χ3v) is 3.34. The van der Waals surface area contributed by atoms with E-state index >= 15 is 0 Å². The van der Waals surface area contributed by atoms with Crippen LogP contribution < -0.4 is 16.0 Å². The van der Waals surface area contributed by atoms with E-state index in [1.54, 1.807) is 25.2 Å². The minimum atomic E-state index is -0.561. The summed E-state index contributed by atoms with van der Waals surface area (Å²) in [6.07, 6.45) is 0. The molecule has 2 aromatic carbocycles. The number of amides is 2. The van der Waals surface area contributed by atoms with Crippen LogP contribution in [0, 0.1) is 10.1 Å². The predicted octanol–water partition coefficient (Wildman–Crippen LogP) is 2.25. The van der Waals surface area contributed by atoms with Crippen LogP contribution in [0.25, 0.3) is 0 Å². The Labute approximate surface area is 138 Å². The zero-order chi connectivity index (χ0) is 17.7. The van der Waals surface area contributed by atoms with Gasteiger partial charge in [0.1, 0.15) is 5.69 Å². The van der Waals surface area contributed by atoms with E-state index in [0.717, 1.165) is 0 Å². The SMILES string of the molecule is CNC(=O)c1cccc(NC(=O)c2ccc(NC)c([N+](=O)[O-])c2)c1. The van der Waals surface area contributed by atoms with Crippen LogP contribution in [0.3, 0.4) is 0 Å². The van der Waals surface area contributed by atoms with E-state index in [-0.39, 0.29) is 17.2 Å². The Hall–Kier alpha value is -3.42. The maximum Gasteiger partial charge on any atom is 0.293 e. The van der Waals surface area contributed by atoms with Gasteiger partial charge in [-0.25, -0.2) is 0 Å². The van der Waals surface area contributed by atoms with E-state index in [1.165, 1.54) is 31.3 Å². The molecule has 0 aromatic heterocycles. The fourth-order valence-corrected chi connectivity index (χ4v) is 2.12. The van der Waals surface area contributed by atoms with Crippen LogP contribution in [0.5, 0.6) is 0 Å². The number of nitrogens with one attached hydrogen (secondary N) is 3. The van der Waals surface area contributed by atoms with E-state index in [4.69, 9.17) is 0 Å². The molecule has 24 heavy (non-hydrogen) atoms. The summed E-state index contributed by atoms with van der Waals surface area (Å²) in [4.78, 5) is 34.4. The van der Waals surface area contributed by atoms with E-state index in [2.05, 4.69) is 16.0 Å². The van der Waals surface area contributed by atoms with Crippen LogP contribution in [0.4, 0.5) is 17.1 Å². The van der Waals surface area contributed by atoms with Crippen molar-refractivity contribution in [2.24, 2.45) is 0 Å². The number of benzene rings is 2. The van der Waals surface area contributed by atoms with Gasteiger partial charge in [-0.3, -0.25) is 19.7 Å². The minimum absolute atomic E-state index is 0.144. The summed E-state index contributed by atoms with van der Waals surface area (Å²) in [5.74, 6) is -0.782. The average molecular weight is 328 g/mol. The first kappa shape index (κ1) is 16.9. The number of nitrogens with zero attached hydrogens (tertiary/aromatic N) is 1. The van der Waals surface area contributed by atoms with E-state index < -0.39 is 10.8 Å². The normalized spacial score (nSPS) is 9.92. The average Bonchev–Trinajstić information content (AvgIpc) is 2.60. The molecule has 0 unspecified atom stereocenters. The zero-order valence-electron chi connectivity index (χ0n) is 13.1. The van der Waals surface area contributed by atoms with Gasteiger partial charge in [0, 0.05) is 37.0 Å². The highest BCUT2D eigenvalue weighted by molar-refractivity contribution is 6.05. The van der Waals surface area contributed by atoms with Crippen LogP contribution in [-0.4, -0.2) is 30.8 Å². The number of hydrogen-bond donors (Lipinski definition) is 3. The molecular formula is C16H16N4O4. The van der Waals surface area contributed by atoms with Gasteiger partial charge in [-0.15, -0.1) is 0 Å². The molecule has 0 aliphatic carbocycles. The van der Waals surface area contributed by atoms with Crippen molar-refractivity contribution < 1.29 is 14.5 Å². The van der Waals surface area contributed by atoms with Gasteiger partial charge in [0.15, 0.2) is 0 Å². The van der Waals surface area contributed by atoms with Crippen molar-refractivity contribution in [3.05, 3.63) is 63.7 Å². The third-order valence-electron chi connectivity index (χ3n) is 3.34. The monoisotopic (exact) mass is 328 g/mol. The largest absolute Gasteiger partial charge is 0.383 e. The van der Waals surface area contributed by atoms with Crippen molar-refractivity contribution in [1.82, 2.24) is 5.32 Å². The maximum atomic E-state index is 12.3. The highest BCUT2D eigenvalue weighted by Crippen LogP contribution is 2.25. The van der Waals surface area contributed by atoms with Crippen molar-refractivity contribution in [3.63, 3.8) is 0 Å². The Morgan fingerprint density at radius 3 is 2.33 bits per heavy atom. The molecule has 0 aliphatic rings. The summed E-state index contributed by atoms with van der Waals surface area (Å²) < 4.78 is 0. The summed E-state index contributed by atoms with van der Waals surface area (Å²) in [7, 11) is 3.07. The quantitative estimate of drug-likeness (QED) is 0.575. The topological polar surface area (TPSA) is 113 Å². The maximum absolute atomic E-state index is 12.3. The molecule has 0 spiro atoms. The number of carbonyl (C=O) groups excluding carboxylic acids is 2. The Morgan fingerprint density at radius 2 is 1.71 bits per heavy atom. The molecule has 8 nitrogen and oxygen atoms in total. The number of nitro groups is 1. The molecule has 0 heterocycles. The molecule has 2 aromatic rings. The second-order valence-electron chi connectivity index (χ2n) is 4.85. The summed E-state index contributed by atoms with van der Waals surface area (Å²) >= 11 is 0. The molecule has 0 bridgehead atoms. The van der Waals surface area contributed by atoms with Gasteiger partial charge in [-0.1, -0.05) is 6.07 Å². The molecule has 0 saturated heterocycles.